The normalized spacial score (nSPS) is 14.2. The molecular formula is C10H9NS2. The van der Waals surface area contributed by atoms with Gasteiger partial charge in [-0.1, -0.05) is 0 Å². The van der Waals surface area contributed by atoms with E-state index in [1.165, 1.54) is 21.0 Å². The fourth-order valence-corrected chi connectivity index (χ4v) is 3.73. The minimum absolute atomic E-state index is 1.06. The molecule has 2 aromatic rings. The molecule has 0 aromatic carbocycles. The van der Waals surface area contributed by atoms with E-state index in [1.54, 1.807) is 0 Å². The summed E-state index contributed by atoms with van der Waals surface area (Å²) in [5.74, 6) is 0. The maximum Gasteiger partial charge on any atom is 0.0676 e. The number of nitrogens with one attached hydrogen (secondary N) is 1. The number of fused-ring (bicyclic) bond motifs is 3. The third kappa shape index (κ3) is 1.11. The lowest BCUT2D eigenvalue weighted by atomic mass is 10.2. The summed E-state index contributed by atoms with van der Waals surface area (Å²) in [5.41, 5.74) is 2.81. The SMILES string of the molecule is c1cc2c(s1)-c1sccc1NCC2. The third-order valence-corrected chi connectivity index (χ3v) is 4.36. The highest BCUT2D eigenvalue weighted by Crippen LogP contribution is 2.40. The topological polar surface area (TPSA) is 12.0 Å². The van der Waals surface area contributed by atoms with E-state index in [2.05, 4.69) is 28.2 Å². The summed E-state index contributed by atoms with van der Waals surface area (Å²) in [6.45, 7) is 1.06. The van der Waals surface area contributed by atoms with Crippen molar-refractivity contribution in [3.05, 3.63) is 28.5 Å². The van der Waals surface area contributed by atoms with Gasteiger partial charge in [-0.25, -0.2) is 0 Å². The highest BCUT2D eigenvalue weighted by Gasteiger charge is 2.15. The second-order valence-corrected chi connectivity index (χ2v) is 4.95. The Bertz CT molecular complexity index is 387. The van der Waals surface area contributed by atoms with Crippen molar-refractivity contribution >= 4 is 28.4 Å². The molecule has 3 heteroatoms. The van der Waals surface area contributed by atoms with Crippen LogP contribution >= 0.6 is 22.7 Å². The second-order valence-electron chi connectivity index (χ2n) is 3.12. The summed E-state index contributed by atoms with van der Waals surface area (Å²) in [5, 5.41) is 7.81. The Morgan fingerprint density at radius 3 is 2.92 bits per heavy atom. The Morgan fingerprint density at radius 2 is 1.92 bits per heavy atom. The van der Waals surface area contributed by atoms with Crippen molar-refractivity contribution in [2.24, 2.45) is 0 Å². The highest BCUT2D eigenvalue weighted by molar-refractivity contribution is 7.21. The molecule has 0 unspecified atom stereocenters. The van der Waals surface area contributed by atoms with E-state index in [9.17, 15) is 0 Å². The van der Waals surface area contributed by atoms with E-state index >= 15 is 0 Å². The number of hydrogen-bond acceptors (Lipinski definition) is 3. The molecule has 1 nitrogen and oxygen atoms in total. The molecule has 1 N–H and O–H groups in total. The van der Waals surface area contributed by atoms with E-state index in [-0.39, 0.29) is 0 Å². The van der Waals surface area contributed by atoms with Crippen LogP contribution < -0.4 is 5.32 Å². The molecule has 2 aromatic heterocycles. The monoisotopic (exact) mass is 207 g/mol. The van der Waals surface area contributed by atoms with E-state index in [0.717, 1.165) is 13.0 Å². The van der Waals surface area contributed by atoms with Crippen molar-refractivity contribution in [3.63, 3.8) is 0 Å². The minimum atomic E-state index is 1.06. The van der Waals surface area contributed by atoms with Gasteiger partial charge in [-0.3, -0.25) is 0 Å². The largest absolute Gasteiger partial charge is 0.384 e. The molecule has 3 heterocycles. The first-order valence-electron chi connectivity index (χ1n) is 4.33. The average Bonchev–Trinajstić information content (AvgIpc) is 2.72. The Hall–Kier alpha value is -0.800. The van der Waals surface area contributed by atoms with Crippen LogP contribution in [0.2, 0.25) is 0 Å². The summed E-state index contributed by atoms with van der Waals surface area (Å²) in [6.07, 6.45) is 1.15. The maximum absolute atomic E-state index is 3.46. The number of rotatable bonds is 0. The van der Waals surface area contributed by atoms with Crippen molar-refractivity contribution < 1.29 is 0 Å². The third-order valence-electron chi connectivity index (χ3n) is 2.33. The van der Waals surface area contributed by atoms with Crippen LogP contribution in [0.3, 0.4) is 0 Å². The lowest BCUT2D eigenvalue weighted by Gasteiger charge is -1.99. The lowest BCUT2D eigenvalue weighted by molar-refractivity contribution is 1.04. The second kappa shape index (κ2) is 2.86. The molecule has 1 aliphatic heterocycles. The molecule has 0 aliphatic carbocycles. The van der Waals surface area contributed by atoms with Gasteiger partial charge in [0.1, 0.15) is 0 Å². The van der Waals surface area contributed by atoms with Crippen LogP contribution in [0.1, 0.15) is 5.56 Å². The van der Waals surface area contributed by atoms with Crippen molar-refractivity contribution in [3.8, 4) is 9.75 Å². The van der Waals surface area contributed by atoms with Crippen LogP contribution in [0.4, 0.5) is 5.69 Å². The highest BCUT2D eigenvalue weighted by atomic mass is 32.1. The quantitative estimate of drug-likeness (QED) is 0.697. The summed E-state index contributed by atoms with van der Waals surface area (Å²) < 4.78 is 0. The van der Waals surface area contributed by atoms with Crippen LogP contribution in [0.5, 0.6) is 0 Å². The van der Waals surface area contributed by atoms with Gasteiger partial charge >= 0.3 is 0 Å². The summed E-state index contributed by atoms with van der Waals surface area (Å²) >= 11 is 3.69. The predicted octanol–water partition coefficient (Wildman–Crippen LogP) is 3.44. The zero-order valence-corrected chi connectivity index (χ0v) is 8.67. The van der Waals surface area contributed by atoms with Crippen LogP contribution in [0.25, 0.3) is 9.75 Å². The first-order chi connectivity index (χ1) is 6.45. The number of thiophene rings is 2. The fourth-order valence-electron chi connectivity index (χ4n) is 1.69. The Balaban J connectivity index is 2.27. The van der Waals surface area contributed by atoms with Gasteiger partial charge in [0.05, 0.1) is 10.6 Å². The van der Waals surface area contributed by atoms with Crippen molar-refractivity contribution in [1.82, 2.24) is 0 Å². The molecule has 0 radical (unpaired) electrons. The first-order valence-corrected chi connectivity index (χ1v) is 6.09. The molecule has 0 saturated heterocycles. The average molecular weight is 207 g/mol. The molecule has 0 amide bonds. The van der Waals surface area contributed by atoms with Crippen LogP contribution in [-0.2, 0) is 6.42 Å². The van der Waals surface area contributed by atoms with Crippen molar-refractivity contribution in [2.45, 2.75) is 6.42 Å². The van der Waals surface area contributed by atoms with Gasteiger partial charge < -0.3 is 5.32 Å². The molecule has 0 spiro atoms. The zero-order chi connectivity index (χ0) is 8.67. The summed E-state index contributed by atoms with van der Waals surface area (Å²) in [7, 11) is 0. The van der Waals surface area contributed by atoms with Crippen molar-refractivity contribution in [1.29, 1.82) is 0 Å². The summed E-state index contributed by atoms with van der Waals surface area (Å²) in [6, 6.07) is 4.42. The van der Waals surface area contributed by atoms with Gasteiger partial charge in [0.2, 0.25) is 0 Å². The maximum atomic E-state index is 3.46. The van der Waals surface area contributed by atoms with Gasteiger partial charge in [0.15, 0.2) is 0 Å². The Kier molecular flexibility index (Phi) is 1.67. The fraction of sp³-hybridized carbons (Fsp3) is 0.200. The summed E-state index contributed by atoms with van der Waals surface area (Å²) in [4.78, 5) is 2.89. The molecule has 0 atom stereocenters. The van der Waals surface area contributed by atoms with E-state index < -0.39 is 0 Å². The smallest absolute Gasteiger partial charge is 0.0676 e. The van der Waals surface area contributed by atoms with Gasteiger partial charge in [-0.15, -0.1) is 22.7 Å². The molecule has 0 bridgehead atoms. The van der Waals surface area contributed by atoms with E-state index in [4.69, 9.17) is 0 Å². The Morgan fingerprint density at radius 1 is 1.08 bits per heavy atom. The zero-order valence-electron chi connectivity index (χ0n) is 7.04. The van der Waals surface area contributed by atoms with E-state index in [0.29, 0.717) is 0 Å². The van der Waals surface area contributed by atoms with E-state index in [1.807, 2.05) is 22.7 Å². The molecule has 13 heavy (non-hydrogen) atoms. The first kappa shape index (κ1) is 7.59. The molecule has 0 fully saturated rings. The molecule has 66 valence electrons. The van der Waals surface area contributed by atoms with Gasteiger partial charge in [0, 0.05) is 11.4 Å². The predicted molar refractivity (Wildman–Crippen MR) is 59.8 cm³/mol. The molecular weight excluding hydrogens is 198 g/mol. The molecule has 3 rings (SSSR count). The van der Waals surface area contributed by atoms with Crippen LogP contribution in [-0.4, -0.2) is 6.54 Å². The van der Waals surface area contributed by atoms with Gasteiger partial charge in [0.25, 0.3) is 0 Å². The standard InChI is InChI=1S/C10H9NS2/c1-4-11-8-3-6-13-10(8)9-7(1)2-5-12-9/h2-3,5-6,11H,1,4H2. The minimum Gasteiger partial charge on any atom is -0.384 e. The van der Waals surface area contributed by atoms with Crippen LogP contribution in [0, 0.1) is 0 Å². The van der Waals surface area contributed by atoms with Gasteiger partial charge in [-0.05, 0) is 34.9 Å². The molecule has 1 aliphatic rings. The number of hydrogen-bond donors (Lipinski definition) is 1. The lowest BCUT2D eigenvalue weighted by Crippen LogP contribution is -2.00. The van der Waals surface area contributed by atoms with Crippen molar-refractivity contribution in [2.75, 3.05) is 11.9 Å². The van der Waals surface area contributed by atoms with Gasteiger partial charge in [-0.2, -0.15) is 0 Å². The molecule has 0 saturated carbocycles. The number of anilines is 1. The Labute approximate surface area is 85.0 Å². The van der Waals surface area contributed by atoms with Crippen LogP contribution in [0.15, 0.2) is 22.9 Å².